The third-order valence-corrected chi connectivity index (χ3v) is 1.87. The van der Waals surface area contributed by atoms with Gasteiger partial charge in [0.2, 0.25) is 0 Å². The Balaban J connectivity index is 2.37. The average molecular weight is 155 g/mol. The molecule has 0 saturated heterocycles. The van der Waals surface area contributed by atoms with Crippen molar-refractivity contribution in [3.63, 3.8) is 0 Å². The predicted octanol–water partition coefficient (Wildman–Crippen LogP) is 2.20. The van der Waals surface area contributed by atoms with Gasteiger partial charge >= 0.3 is 0 Å². The molecule has 0 bridgehead atoms. The zero-order chi connectivity index (χ0) is 8.81. The Kier molecular flexibility index (Phi) is 3.99. The Bertz CT molecular complexity index is 216. The van der Waals surface area contributed by atoms with Crippen LogP contribution in [-0.4, -0.2) is 15.1 Å². The van der Waals surface area contributed by atoms with E-state index in [0.29, 0.717) is 0 Å². The Labute approximate surface area is 77.0 Å². The zero-order valence-electron chi connectivity index (χ0n) is 7.59. The smallest absolute Gasteiger partial charge is 0.0955 e. The van der Waals surface area contributed by atoms with Crippen LogP contribution in [0.1, 0.15) is 11.1 Å². The molecule has 1 rings (SSSR count). The van der Waals surface area contributed by atoms with Crippen LogP contribution in [0.3, 0.4) is 0 Å². The molecule has 0 atom stereocenters. The fourth-order valence-electron chi connectivity index (χ4n) is 1.11. The van der Waals surface area contributed by atoms with E-state index in [1.807, 2.05) is 0 Å². The van der Waals surface area contributed by atoms with E-state index in [2.05, 4.69) is 38.5 Å². The van der Waals surface area contributed by atoms with Crippen LogP contribution in [0.15, 0.2) is 24.3 Å². The van der Waals surface area contributed by atoms with Crippen LogP contribution in [-0.2, 0) is 6.32 Å². The van der Waals surface area contributed by atoms with Crippen molar-refractivity contribution in [2.24, 2.45) is 0 Å². The van der Waals surface area contributed by atoms with Gasteiger partial charge in [0.05, 0.1) is 7.85 Å². The van der Waals surface area contributed by atoms with Crippen molar-refractivity contribution in [1.29, 1.82) is 0 Å². The van der Waals surface area contributed by atoms with E-state index in [1.165, 1.54) is 11.1 Å². The van der Waals surface area contributed by atoms with Gasteiger partial charge in [0.25, 0.3) is 0 Å². The van der Waals surface area contributed by atoms with Crippen LogP contribution in [0, 0.1) is 6.92 Å². The summed E-state index contributed by atoms with van der Waals surface area (Å²) in [5, 5.41) is 0. The molecule has 0 aromatic heterocycles. The second-order valence-corrected chi connectivity index (χ2v) is 3.06. The fourth-order valence-corrected chi connectivity index (χ4v) is 1.11. The maximum atomic E-state index is 5.39. The van der Waals surface area contributed by atoms with Crippen molar-refractivity contribution in [2.75, 3.05) is 0 Å². The predicted molar refractivity (Wildman–Crippen MR) is 56.0 cm³/mol. The van der Waals surface area contributed by atoms with Gasteiger partial charge in [-0.25, -0.2) is 0 Å². The topological polar surface area (TPSA) is 0 Å². The highest BCUT2D eigenvalue weighted by molar-refractivity contribution is 6.36. The van der Waals surface area contributed by atoms with Gasteiger partial charge < -0.3 is 0 Å². The second kappa shape index (κ2) is 5.08. The van der Waals surface area contributed by atoms with Crippen LogP contribution in [0.25, 0.3) is 0 Å². The summed E-state index contributed by atoms with van der Waals surface area (Å²) in [6.07, 6.45) is 2.80. The Morgan fingerprint density at radius 2 is 1.92 bits per heavy atom. The standard InChI is InChI=1S/C10H13B2/c1-9-2-4-10(5-3-9)8-12-7-6-11/h2-5H,6-8H2,1H3. The third kappa shape index (κ3) is 3.17. The molecule has 0 nitrogen and oxygen atoms in total. The van der Waals surface area contributed by atoms with Gasteiger partial charge in [0.1, 0.15) is 7.28 Å². The lowest BCUT2D eigenvalue weighted by Gasteiger charge is -1.99. The highest BCUT2D eigenvalue weighted by Crippen LogP contribution is 2.03. The molecule has 0 aliphatic heterocycles. The van der Waals surface area contributed by atoms with E-state index in [1.54, 1.807) is 0 Å². The molecule has 1 aromatic carbocycles. The molecule has 59 valence electrons. The summed E-state index contributed by atoms with van der Waals surface area (Å²) >= 11 is 0. The van der Waals surface area contributed by atoms with Gasteiger partial charge in [-0.1, -0.05) is 54.4 Å². The van der Waals surface area contributed by atoms with E-state index >= 15 is 0 Å². The van der Waals surface area contributed by atoms with Gasteiger partial charge in [-0.2, -0.15) is 0 Å². The Morgan fingerprint density at radius 3 is 2.50 bits per heavy atom. The van der Waals surface area contributed by atoms with E-state index in [-0.39, 0.29) is 0 Å². The molecule has 0 aliphatic carbocycles. The van der Waals surface area contributed by atoms with Crippen molar-refractivity contribution in [3.05, 3.63) is 35.4 Å². The van der Waals surface area contributed by atoms with Crippen molar-refractivity contribution < 1.29 is 0 Å². The Morgan fingerprint density at radius 1 is 1.25 bits per heavy atom. The largest absolute Gasteiger partial charge is 0.114 e. The summed E-state index contributed by atoms with van der Waals surface area (Å²) in [4.78, 5) is 0. The summed E-state index contributed by atoms with van der Waals surface area (Å²) in [6.45, 7) is 2.10. The fraction of sp³-hybridized carbons (Fsp3) is 0.400. The molecule has 12 heavy (non-hydrogen) atoms. The minimum atomic E-state index is 0.756. The maximum Gasteiger partial charge on any atom is 0.114 e. The number of aryl methyl sites for hydroxylation is 1. The highest BCUT2D eigenvalue weighted by atomic mass is 13.9. The number of rotatable bonds is 4. The SMILES string of the molecule is [B]CC[B]Cc1ccc(C)cc1. The van der Waals surface area contributed by atoms with Gasteiger partial charge in [-0.3, -0.25) is 0 Å². The molecule has 2 heteroatoms. The lowest BCUT2D eigenvalue weighted by atomic mass is 9.65. The van der Waals surface area contributed by atoms with Crippen LogP contribution >= 0.6 is 0 Å². The summed E-state index contributed by atoms with van der Waals surface area (Å²) < 4.78 is 0. The van der Waals surface area contributed by atoms with Gasteiger partial charge in [0, 0.05) is 0 Å². The summed E-state index contributed by atoms with van der Waals surface area (Å²) in [5.74, 6) is 0. The lowest BCUT2D eigenvalue weighted by molar-refractivity contribution is 1.31. The second-order valence-electron chi connectivity index (χ2n) is 3.06. The minimum Gasteiger partial charge on any atom is -0.0955 e. The van der Waals surface area contributed by atoms with E-state index < -0.39 is 0 Å². The maximum absolute atomic E-state index is 5.39. The first-order valence-corrected chi connectivity index (χ1v) is 4.40. The first-order chi connectivity index (χ1) is 5.83. The third-order valence-electron chi connectivity index (χ3n) is 1.87. The molecule has 0 fully saturated rings. The van der Waals surface area contributed by atoms with E-state index in [9.17, 15) is 0 Å². The van der Waals surface area contributed by atoms with Gasteiger partial charge in [-0.05, 0) is 6.92 Å². The molecule has 0 heterocycles. The molecular formula is C10H13B2. The monoisotopic (exact) mass is 155 g/mol. The van der Waals surface area contributed by atoms with Gasteiger partial charge in [-0.15, -0.1) is 0 Å². The molecule has 0 N–H and O–H groups in total. The summed E-state index contributed by atoms with van der Waals surface area (Å²) in [6, 6.07) is 8.63. The normalized spacial score (nSPS) is 9.75. The number of hydrogen-bond acceptors (Lipinski definition) is 0. The quantitative estimate of drug-likeness (QED) is 0.461. The zero-order valence-corrected chi connectivity index (χ0v) is 7.59. The van der Waals surface area contributed by atoms with E-state index in [4.69, 9.17) is 7.85 Å². The van der Waals surface area contributed by atoms with Crippen LogP contribution in [0.5, 0.6) is 0 Å². The average Bonchev–Trinajstić information content (AvgIpc) is 2.09. The van der Waals surface area contributed by atoms with Crippen LogP contribution in [0.2, 0.25) is 12.6 Å². The van der Waals surface area contributed by atoms with Crippen molar-refractivity contribution in [1.82, 2.24) is 0 Å². The first-order valence-electron chi connectivity index (χ1n) is 4.40. The van der Waals surface area contributed by atoms with Crippen molar-refractivity contribution in [3.8, 4) is 0 Å². The van der Waals surface area contributed by atoms with E-state index in [0.717, 1.165) is 19.0 Å². The molecular weight excluding hydrogens is 142 g/mol. The highest BCUT2D eigenvalue weighted by Gasteiger charge is 1.92. The van der Waals surface area contributed by atoms with Gasteiger partial charge in [0.15, 0.2) is 0 Å². The molecule has 0 unspecified atom stereocenters. The first kappa shape index (κ1) is 9.44. The molecule has 0 aliphatic rings. The molecule has 1 aromatic rings. The summed E-state index contributed by atoms with van der Waals surface area (Å²) in [7, 11) is 7.61. The minimum absolute atomic E-state index is 0.756. The molecule has 0 saturated carbocycles. The molecule has 0 spiro atoms. The number of benzene rings is 1. The molecule has 0 amide bonds. The summed E-state index contributed by atoms with van der Waals surface area (Å²) in [5.41, 5.74) is 2.69. The molecule has 3 radical (unpaired) electrons. The van der Waals surface area contributed by atoms with Crippen molar-refractivity contribution in [2.45, 2.75) is 25.9 Å². The number of hydrogen-bond donors (Lipinski definition) is 0. The van der Waals surface area contributed by atoms with Crippen LogP contribution in [0.4, 0.5) is 0 Å². The van der Waals surface area contributed by atoms with Crippen LogP contribution < -0.4 is 0 Å². The lowest BCUT2D eigenvalue weighted by Crippen LogP contribution is -1.95. The Hall–Kier alpha value is -0.650. The van der Waals surface area contributed by atoms with Crippen molar-refractivity contribution >= 4 is 15.1 Å².